The lowest BCUT2D eigenvalue weighted by Crippen LogP contribution is -2.46. The van der Waals surface area contributed by atoms with Crippen LogP contribution in [0.15, 0.2) is 21.3 Å². The standard InChI is InChI=1S/C22H27NO6/c1-4-12(2)19(21(25)26)23-18(24)11-28-17-10-9-15-14-7-5-6-8-16(14)22(27)29-20(15)13(17)3/h9-10,12,19H,4-8,11H2,1-3H3,(H,23,24)(H,25,26). The average molecular weight is 401 g/mol. The van der Waals surface area contributed by atoms with Crippen LogP contribution in [0.5, 0.6) is 5.75 Å². The van der Waals surface area contributed by atoms with Gasteiger partial charge in [-0.2, -0.15) is 0 Å². The molecule has 1 aliphatic rings. The predicted octanol–water partition coefficient (Wildman–Crippen LogP) is 2.97. The molecule has 2 N–H and O–H groups in total. The molecule has 0 saturated carbocycles. The summed E-state index contributed by atoms with van der Waals surface area (Å²) in [5, 5.41) is 12.7. The molecule has 2 unspecified atom stereocenters. The molecule has 3 rings (SSSR count). The molecule has 0 saturated heterocycles. The van der Waals surface area contributed by atoms with Crippen LogP contribution in [-0.2, 0) is 22.4 Å². The number of amides is 1. The zero-order valence-corrected chi connectivity index (χ0v) is 17.0. The molecule has 1 aromatic carbocycles. The number of ether oxygens (including phenoxy) is 1. The highest BCUT2D eigenvalue weighted by atomic mass is 16.5. The largest absolute Gasteiger partial charge is 0.483 e. The summed E-state index contributed by atoms with van der Waals surface area (Å²) in [4.78, 5) is 35.9. The van der Waals surface area contributed by atoms with Gasteiger partial charge in [0.1, 0.15) is 17.4 Å². The third-order valence-electron chi connectivity index (χ3n) is 5.74. The van der Waals surface area contributed by atoms with Crippen LogP contribution >= 0.6 is 0 Å². The van der Waals surface area contributed by atoms with Crippen molar-refractivity contribution >= 4 is 22.8 Å². The Morgan fingerprint density at radius 3 is 2.59 bits per heavy atom. The van der Waals surface area contributed by atoms with E-state index in [1.165, 1.54) is 0 Å². The number of nitrogens with one attached hydrogen (secondary N) is 1. The van der Waals surface area contributed by atoms with Crippen molar-refractivity contribution in [2.75, 3.05) is 6.61 Å². The lowest BCUT2D eigenvalue weighted by molar-refractivity contribution is -0.143. The number of hydrogen-bond acceptors (Lipinski definition) is 5. The number of carbonyl (C=O) groups is 2. The van der Waals surface area contributed by atoms with Gasteiger partial charge in [-0.25, -0.2) is 9.59 Å². The summed E-state index contributed by atoms with van der Waals surface area (Å²) in [5.74, 6) is -1.34. The SMILES string of the molecule is CCC(C)C(NC(=O)COc1ccc2c3c(c(=O)oc2c1C)CCCC3)C(=O)O. The van der Waals surface area contributed by atoms with Gasteiger partial charge in [-0.05, 0) is 56.2 Å². The quantitative estimate of drug-likeness (QED) is 0.691. The van der Waals surface area contributed by atoms with Crippen molar-refractivity contribution in [3.05, 3.63) is 39.2 Å². The first-order valence-corrected chi connectivity index (χ1v) is 10.1. The average Bonchev–Trinajstić information content (AvgIpc) is 2.71. The van der Waals surface area contributed by atoms with Crippen LogP contribution in [0, 0.1) is 12.8 Å². The predicted molar refractivity (Wildman–Crippen MR) is 108 cm³/mol. The first-order valence-electron chi connectivity index (χ1n) is 10.1. The fourth-order valence-electron chi connectivity index (χ4n) is 3.82. The van der Waals surface area contributed by atoms with E-state index < -0.39 is 17.9 Å². The maximum absolute atomic E-state index is 12.4. The molecule has 7 heteroatoms. The van der Waals surface area contributed by atoms with Crippen molar-refractivity contribution in [3.8, 4) is 5.75 Å². The van der Waals surface area contributed by atoms with Gasteiger partial charge in [0.15, 0.2) is 6.61 Å². The van der Waals surface area contributed by atoms with Crippen molar-refractivity contribution in [2.45, 2.75) is 58.9 Å². The van der Waals surface area contributed by atoms with Crippen molar-refractivity contribution in [3.63, 3.8) is 0 Å². The number of carboxylic acid groups (broad SMARTS) is 1. The number of aliphatic carboxylic acids is 1. The van der Waals surface area contributed by atoms with Gasteiger partial charge in [0.05, 0.1) is 0 Å². The van der Waals surface area contributed by atoms with E-state index in [4.69, 9.17) is 9.15 Å². The molecule has 2 atom stereocenters. The number of fused-ring (bicyclic) bond motifs is 3. The fourth-order valence-corrected chi connectivity index (χ4v) is 3.82. The van der Waals surface area contributed by atoms with E-state index in [0.717, 1.165) is 42.2 Å². The van der Waals surface area contributed by atoms with Gasteiger partial charge in [0.2, 0.25) is 0 Å². The maximum atomic E-state index is 12.4. The van der Waals surface area contributed by atoms with Crippen LogP contribution in [0.3, 0.4) is 0 Å². The zero-order chi connectivity index (χ0) is 21.1. The summed E-state index contributed by atoms with van der Waals surface area (Å²) in [6.45, 7) is 5.11. The molecule has 7 nitrogen and oxygen atoms in total. The Balaban J connectivity index is 1.79. The Morgan fingerprint density at radius 2 is 1.93 bits per heavy atom. The van der Waals surface area contributed by atoms with Gasteiger partial charge in [0.25, 0.3) is 5.91 Å². The van der Waals surface area contributed by atoms with Crippen molar-refractivity contribution in [1.29, 1.82) is 0 Å². The topological polar surface area (TPSA) is 106 Å². The van der Waals surface area contributed by atoms with Crippen LogP contribution in [-0.4, -0.2) is 29.6 Å². The summed E-state index contributed by atoms with van der Waals surface area (Å²) in [5.41, 5.74) is 2.64. The van der Waals surface area contributed by atoms with E-state index in [2.05, 4.69) is 5.32 Å². The Hall–Kier alpha value is -2.83. The first kappa shape index (κ1) is 20.9. The van der Waals surface area contributed by atoms with Crippen LogP contribution in [0.1, 0.15) is 49.8 Å². The van der Waals surface area contributed by atoms with Crippen molar-refractivity contribution < 1.29 is 23.8 Å². The van der Waals surface area contributed by atoms with E-state index in [9.17, 15) is 19.5 Å². The highest BCUT2D eigenvalue weighted by Crippen LogP contribution is 2.32. The molecule has 0 bridgehead atoms. The Labute approximate surface area is 169 Å². The lowest BCUT2D eigenvalue weighted by Gasteiger charge is -2.20. The molecule has 1 aromatic heterocycles. The van der Waals surface area contributed by atoms with E-state index in [1.54, 1.807) is 19.9 Å². The second-order valence-corrected chi connectivity index (χ2v) is 7.68. The summed E-state index contributed by atoms with van der Waals surface area (Å²) in [6, 6.07) is 2.67. The zero-order valence-electron chi connectivity index (χ0n) is 17.0. The number of carboxylic acids is 1. The smallest absolute Gasteiger partial charge is 0.339 e. The molecule has 0 aliphatic heterocycles. The third kappa shape index (κ3) is 4.28. The first-order chi connectivity index (χ1) is 13.8. The summed E-state index contributed by atoms with van der Waals surface area (Å²) >= 11 is 0. The second-order valence-electron chi connectivity index (χ2n) is 7.68. The lowest BCUT2D eigenvalue weighted by atomic mass is 9.90. The number of hydrogen-bond donors (Lipinski definition) is 2. The third-order valence-corrected chi connectivity index (χ3v) is 5.74. The van der Waals surface area contributed by atoms with E-state index in [0.29, 0.717) is 23.3 Å². The molecule has 156 valence electrons. The van der Waals surface area contributed by atoms with E-state index >= 15 is 0 Å². The highest BCUT2D eigenvalue weighted by Gasteiger charge is 2.25. The molecule has 0 spiro atoms. The molecule has 0 fully saturated rings. The minimum absolute atomic E-state index is 0.195. The van der Waals surface area contributed by atoms with Crippen LogP contribution in [0.2, 0.25) is 0 Å². The second kappa shape index (κ2) is 8.68. The van der Waals surface area contributed by atoms with Crippen molar-refractivity contribution in [2.24, 2.45) is 5.92 Å². The minimum atomic E-state index is -1.07. The van der Waals surface area contributed by atoms with Crippen LogP contribution in [0.25, 0.3) is 11.0 Å². The molecule has 1 heterocycles. The molecule has 1 amide bonds. The molecular weight excluding hydrogens is 374 g/mol. The summed E-state index contributed by atoms with van der Waals surface area (Å²) < 4.78 is 11.2. The van der Waals surface area contributed by atoms with Gasteiger partial charge in [0, 0.05) is 16.5 Å². The minimum Gasteiger partial charge on any atom is -0.483 e. The number of carbonyl (C=O) groups excluding carboxylic acids is 1. The van der Waals surface area contributed by atoms with Gasteiger partial charge in [-0.1, -0.05) is 20.3 Å². The monoisotopic (exact) mass is 401 g/mol. The van der Waals surface area contributed by atoms with Gasteiger partial charge >= 0.3 is 11.6 Å². The molecular formula is C22H27NO6. The molecule has 1 aliphatic carbocycles. The fraction of sp³-hybridized carbons (Fsp3) is 0.500. The van der Waals surface area contributed by atoms with E-state index in [-0.39, 0.29) is 18.2 Å². The number of rotatable bonds is 7. The van der Waals surface area contributed by atoms with Crippen molar-refractivity contribution in [1.82, 2.24) is 5.32 Å². The highest BCUT2D eigenvalue weighted by molar-refractivity contribution is 5.87. The number of benzene rings is 1. The normalized spacial score (nSPS) is 15.4. The van der Waals surface area contributed by atoms with Gasteiger partial charge in [-0.3, -0.25) is 4.79 Å². The Kier molecular flexibility index (Phi) is 6.25. The number of aryl methyl sites for hydroxylation is 2. The Bertz CT molecular complexity index is 993. The summed E-state index contributed by atoms with van der Waals surface area (Å²) in [7, 11) is 0. The van der Waals surface area contributed by atoms with Crippen LogP contribution < -0.4 is 15.7 Å². The molecule has 2 aromatic rings. The summed E-state index contributed by atoms with van der Waals surface area (Å²) in [6.07, 6.45) is 4.26. The molecule has 29 heavy (non-hydrogen) atoms. The van der Waals surface area contributed by atoms with Gasteiger partial charge in [-0.15, -0.1) is 0 Å². The van der Waals surface area contributed by atoms with E-state index in [1.807, 2.05) is 13.0 Å². The Morgan fingerprint density at radius 1 is 1.24 bits per heavy atom. The van der Waals surface area contributed by atoms with Gasteiger partial charge < -0.3 is 19.6 Å². The maximum Gasteiger partial charge on any atom is 0.339 e. The molecule has 0 radical (unpaired) electrons. The van der Waals surface area contributed by atoms with Crippen LogP contribution in [0.4, 0.5) is 0 Å².